The molecule has 2 heterocycles. The number of benzene rings is 2. The number of carboxylic acid groups (broad SMARTS) is 1. The van der Waals surface area contributed by atoms with E-state index in [0.717, 1.165) is 34.6 Å². The molecule has 0 spiro atoms. The second-order valence-corrected chi connectivity index (χ2v) is 28.0. The largest absolute Gasteiger partial charge is 0.475 e. The number of nitriles is 2. The smallest absolute Gasteiger partial charge is 0.372 e. The molecule has 16 heteroatoms. The van der Waals surface area contributed by atoms with E-state index in [1.54, 1.807) is 28.8 Å². The van der Waals surface area contributed by atoms with Crippen LogP contribution in [0, 0.1) is 36.5 Å². The highest BCUT2D eigenvalue weighted by Crippen LogP contribution is 2.20. The zero-order chi connectivity index (χ0) is 41.3. The Labute approximate surface area is 344 Å². The van der Waals surface area contributed by atoms with Gasteiger partial charge in [-0.15, -0.1) is 0 Å². The number of hydrogen-bond donors (Lipinski definition) is 2. The molecule has 0 aliphatic heterocycles. The summed E-state index contributed by atoms with van der Waals surface area (Å²) in [6.07, 6.45) is 0.980. The van der Waals surface area contributed by atoms with Gasteiger partial charge in [0.15, 0.2) is 11.6 Å². The molecule has 0 saturated carbocycles. The second kappa shape index (κ2) is 22.7. The van der Waals surface area contributed by atoms with Crippen molar-refractivity contribution in [2.75, 3.05) is 13.2 Å². The van der Waals surface area contributed by atoms with Crippen LogP contribution in [0.3, 0.4) is 0 Å². The number of ketones is 1. The summed E-state index contributed by atoms with van der Waals surface area (Å²) in [5.74, 6) is -0.618. The summed E-state index contributed by atoms with van der Waals surface area (Å²) < 4.78 is 16.0. The van der Waals surface area contributed by atoms with Crippen LogP contribution >= 0.6 is 31.9 Å². The fourth-order valence-corrected chi connectivity index (χ4v) is 6.88. The van der Waals surface area contributed by atoms with Gasteiger partial charge in [-0.25, -0.2) is 14.8 Å². The number of imidazole rings is 2. The van der Waals surface area contributed by atoms with Crippen molar-refractivity contribution in [3.8, 4) is 12.1 Å². The normalized spacial score (nSPS) is 11.1. The van der Waals surface area contributed by atoms with Crippen molar-refractivity contribution in [3.63, 3.8) is 0 Å². The van der Waals surface area contributed by atoms with E-state index in [-0.39, 0.29) is 18.3 Å². The Morgan fingerprint density at radius 2 is 1.15 bits per heavy atom. The standard InChI is InChI=1S/C20H26BrN3O2Si.C11H19BrN2O3Si.C8H8N2/c1-15-19(21)23-20(24(15)14-26-11-12-27(2,3)4)18(25)10-9-16-5-7-17(13-22)8-6-16;1-8-9(12)13-10(11(15)16)14(8)7-17-5-6-18(2,3)4;9-5-7-1-2-8(6-10)4-3-7/h5-8H,9-12,14H2,1-4H3;5-7H2,1-4H3,(H,15,16);1-4H,5,9H2. The molecule has 0 amide bonds. The summed E-state index contributed by atoms with van der Waals surface area (Å²) >= 11 is 6.66. The van der Waals surface area contributed by atoms with E-state index in [2.05, 4.69) is 87.2 Å². The van der Waals surface area contributed by atoms with Crippen LogP contribution in [0.25, 0.3) is 0 Å². The molecule has 296 valence electrons. The minimum atomic E-state index is -1.14. The van der Waals surface area contributed by atoms with Crippen molar-refractivity contribution >= 4 is 59.8 Å². The van der Waals surface area contributed by atoms with E-state index in [0.29, 0.717) is 65.5 Å². The van der Waals surface area contributed by atoms with E-state index in [9.17, 15) is 9.59 Å². The third kappa shape index (κ3) is 16.9. The first-order chi connectivity index (χ1) is 25.8. The van der Waals surface area contributed by atoms with Crippen molar-refractivity contribution in [1.29, 1.82) is 10.5 Å². The maximum Gasteiger partial charge on any atom is 0.372 e. The lowest BCUT2D eigenvalue weighted by Crippen LogP contribution is -2.22. The first kappa shape index (κ1) is 47.4. The number of hydrogen-bond acceptors (Lipinski definition) is 9. The van der Waals surface area contributed by atoms with Gasteiger partial charge in [-0.2, -0.15) is 10.5 Å². The highest BCUT2D eigenvalue weighted by Gasteiger charge is 2.20. The molecular weight excluding hydrogens is 862 g/mol. The molecule has 2 aromatic carbocycles. The number of aromatic nitrogens is 4. The zero-order valence-electron chi connectivity index (χ0n) is 33.1. The van der Waals surface area contributed by atoms with E-state index in [1.807, 2.05) is 48.7 Å². The average molecular weight is 916 g/mol. The monoisotopic (exact) mass is 913 g/mol. The Hall–Kier alpha value is -3.75. The molecule has 0 unspecified atom stereocenters. The maximum atomic E-state index is 12.7. The molecular formula is C39H53Br2N7O5Si2. The molecule has 4 aromatic rings. The number of nitrogens with two attached hydrogens (primary N) is 1. The lowest BCUT2D eigenvalue weighted by molar-refractivity contribution is 0.0609. The van der Waals surface area contributed by atoms with Crippen LogP contribution in [0.5, 0.6) is 0 Å². The number of ether oxygens (including phenoxy) is 2. The number of nitrogens with zero attached hydrogens (tertiary/aromatic N) is 6. The predicted molar refractivity (Wildman–Crippen MR) is 227 cm³/mol. The summed E-state index contributed by atoms with van der Waals surface area (Å²) in [7, 11) is -2.26. The van der Waals surface area contributed by atoms with E-state index < -0.39 is 22.1 Å². The molecule has 0 aliphatic carbocycles. The van der Waals surface area contributed by atoms with Crippen molar-refractivity contribution in [2.45, 2.75) is 98.1 Å². The van der Waals surface area contributed by atoms with Crippen molar-refractivity contribution in [2.24, 2.45) is 5.73 Å². The third-order valence-electron chi connectivity index (χ3n) is 8.24. The summed E-state index contributed by atoms with van der Waals surface area (Å²) in [6.45, 7) is 20.0. The summed E-state index contributed by atoms with van der Waals surface area (Å²) in [5, 5.41) is 26.3. The van der Waals surface area contributed by atoms with Crippen molar-refractivity contribution in [1.82, 2.24) is 19.1 Å². The van der Waals surface area contributed by atoms with Gasteiger partial charge in [0.1, 0.15) is 22.7 Å². The van der Waals surface area contributed by atoms with E-state index in [4.69, 9.17) is 30.8 Å². The van der Waals surface area contributed by atoms with Crippen LogP contribution in [-0.4, -0.2) is 65.3 Å². The molecule has 0 saturated heterocycles. The summed E-state index contributed by atoms with van der Waals surface area (Å²) in [4.78, 5) is 32.1. The SMILES string of the molecule is Cc1c(Br)nc(C(=O)CCc2ccc(C#N)cc2)n1COCC[Si](C)(C)C.Cc1c(Br)nc(C(=O)O)n1COCC[Si](C)(C)C.N#Cc1ccc(CN)cc1. The predicted octanol–water partition coefficient (Wildman–Crippen LogP) is 8.94. The Bertz CT molecular complexity index is 1940. The van der Waals surface area contributed by atoms with Crippen LogP contribution in [0.2, 0.25) is 51.4 Å². The highest BCUT2D eigenvalue weighted by atomic mass is 79.9. The number of carboxylic acids is 1. The number of halogens is 2. The van der Waals surface area contributed by atoms with Gasteiger partial charge in [0, 0.05) is 42.3 Å². The molecule has 12 nitrogen and oxygen atoms in total. The van der Waals surface area contributed by atoms with Crippen LogP contribution in [0.4, 0.5) is 0 Å². The Balaban J connectivity index is 0.000000319. The second-order valence-electron chi connectivity index (χ2n) is 15.2. The van der Waals surface area contributed by atoms with Gasteiger partial charge >= 0.3 is 5.97 Å². The fraction of sp³-hybridized carbons (Fsp3) is 0.436. The van der Waals surface area contributed by atoms with Crippen LogP contribution < -0.4 is 5.73 Å². The van der Waals surface area contributed by atoms with Gasteiger partial charge in [0.05, 0.1) is 34.7 Å². The first-order valence-corrected chi connectivity index (χ1v) is 26.9. The molecule has 0 fully saturated rings. The quantitative estimate of drug-likeness (QED) is 0.0626. The molecule has 4 rings (SSSR count). The minimum Gasteiger partial charge on any atom is -0.475 e. The van der Waals surface area contributed by atoms with Gasteiger partial charge in [0.2, 0.25) is 5.82 Å². The lowest BCUT2D eigenvalue weighted by Gasteiger charge is -2.16. The molecule has 0 aliphatic rings. The summed E-state index contributed by atoms with van der Waals surface area (Å²) in [5.41, 5.74) is 10.4. The first-order valence-electron chi connectivity index (χ1n) is 17.9. The topological polar surface area (TPSA) is 182 Å². The number of rotatable bonds is 16. The number of aryl methyl sites for hydroxylation is 1. The van der Waals surface area contributed by atoms with E-state index >= 15 is 0 Å². The van der Waals surface area contributed by atoms with Crippen molar-refractivity contribution < 1.29 is 24.2 Å². The van der Waals surface area contributed by atoms with Gasteiger partial charge in [-0.3, -0.25) is 9.36 Å². The summed E-state index contributed by atoms with van der Waals surface area (Å²) in [6, 6.07) is 20.9. The number of carbonyl (C=O) groups excluding carboxylic acids is 1. The molecule has 0 bridgehead atoms. The number of aromatic carboxylic acids is 1. The number of carbonyl (C=O) groups is 2. The number of Topliss-reactive ketones (excluding diaryl/α,β-unsaturated/α-hetero) is 1. The van der Waals surface area contributed by atoms with Gasteiger partial charge in [-0.05, 0) is 99.6 Å². The van der Waals surface area contributed by atoms with Gasteiger partial charge < -0.3 is 24.9 Å². The molecule has 0 radical (unpaired) electrons. The Morgan fingerprint density at radius 3 is 1.53 bits per heavy atom. The molecule has 55 heavy (non-hydrogen) atoms. The van der Waals surface area contributed by atoms with Gasteiger partial charge in [0.25, 0.3) is 0 Å². The zero-order valence-corrected chi connectivity index (χ0v) is 38.3. The average Bonchev–Trinajstić information content (AvgIpc) is 3.59. The van der Waals surface area contributed by atoms with Crippen LogP contribution in [0.15, 0.2) is 57.7 Å². The molecule has 3 N–H and O–H groups in total. The van der Waals surface area contributed by atoms with Crippen molar-refractivity contribution in [3.05, 3.63) is 103 Å². The van der Waals surface area contributed by atoms with E-state index in [1.165, 1.54) is 0 Å². The minimum absolute atomic E-state index is 0.00683. The highest BCUT2D eigenvalue weighted by molar-refractivity contribution is 9.10. The lowest BCUT2D eigenvalue weighted by atomic mass is 10.1. The fourth-order valence-electron chi connectivity index (χ4n) is 4.60. The van der Waals surface area contributed by atoms with Gasteiger partial charge in [-0.1, -0.05) is 63.5 Å². The maximum absolute atomic E-state index is 12.7. The Kier molecular flexibility index (Phi) is 19.6. The third-order valence-corrected chi connectivity index (χ3v) is 13.2. The molecule has 0 atom stereocenters. The van der Waals surface area contributed by atoms with Crippen LogP contribution in [-0.2, 0) is 35.9 Å². The molecule has 2 aromatic heterocycles. The Morgan fingerprint density at radius 1 is 0.745 bits per heavy atom. The van der Waals surface area contributed by atoms with Crippen LogP contribution in [0.1, 0.15) is 61.3 Å².